The summed E-state index contributed by atoms with van der Waals surface area (Å²) in [5, 5.41) is 11.5. The molecular formula is C13H23N3O4. The molecule has 1 saturated heterocycles. The minimum absolute atomic E-state index is 0.0251. The zero-order valence-electron chi connectivity index (χ0n) is 11.9. The SMILES string of the molecule is COCC(NC(=O)N1CCN(CC2CC2)CC1)C(=O)O. The Kier molecular flexibility index (Phi) is 5.19. The van der Waals surface area contributed by atoms with Crippen LogP contribution in [0.25, 0.3) is 0 Å². The third-order valence-electron chi connectivity index (χ3n) is 3.80. The van der Waals surface area contributed by atoms with E-state index in [0.717, 1.165) is 25.6 Å². The molecule has 0 aromatic heterocycles. The monoisotopic (exact) mass is 285 g/mol. The number of piperazine rings is 1. The first-order valence-corrected chi connectivity index (χ1v) is 7.09. The van der Waals surface area contributed by atoms with Crippen molar-refractivity contribution >= 4 is 12.0 Å². The number of ether oxygens (including phenoxy) is 1. The molecule has 2 amide bonds. The first-order chi connectivity index (χ1) is 9.60. The van der Waals surface area contributed by atoms with E-state index >= 15 is 0 Å². The Hall–Kier alpha value is -1.34. The smallest absolute Gasteiger partial charge is 0.328 e. The van der Waals surface area contributed by atoms with E-state index in [2.05, 4.69) is 10.2 Å². The largest absolute Gasteiger partial charge is 0.480 e. The Labute approximate surface area is 118 Å². The second kappa shape index (κ2) is 6.90. The molecule has 0 radical (unpaired) electrons. The van der Waals surface area contributed by atoms with Gasteiger partial charge in [-0.15, -0.1) is 0 Å². The van der Waals surface area contributed by atoms with E-state index in [0.29, 0.717) is 13.1 Å². The predicted molar refractivity (Wildman–Crippen MR) is 72.6 cm³/mol. The lowest BCUT2D eigenvalue weighted by atomic mass is 10.3. The van der Waals surface area contributed by atoms with Crippen LogP contribution in [0.3, 0.4) is 0 Å². The topological polar surface area (TPSA) is 82.1 Å². The van der Waals surface area contributed by atoms with E-state index in [1.54, 1.807) is 4.90 Å². The number of carbonyl (C=O) groups is 2. The number of rotatable bonds is 6. The second-order valence-electron chi connectivity index (χ2n) is 5.53. The molecule has 1 atom stereocenters. The van der Waals surface area contributed by atoms with Crippen LogP contribution in [0.15, 0.2) is 0 Å². The molecule has 2 fully saturated rings. The Morgan fingerprint density at radius 2 is 1.95 bits per heavy atom. The van der Waals surface area contributed by atoms with E-state index in [-0.39, 0.29) is 12.6 Å². The average Bonchev–Trinajstić information content (AvgIpc) is 3.22. The van der Waals surface area contributed by atoms with Gasteiger partial charge < -0.3 is 20.1 Å². The molecule has 20 heavy (non-hydrogen) atoms. The fraction of sp³-hybridized carbons (Fsp3) is 0.846. The molecule has 0 bridgehead atoms. The van der Waals surface area contributed by atoms with Gasteiger partial charge in [0.15, 0.2) is 6.04 Å². The van der Waals surface area contributed by atoms with Gasteiger partial charge in [0.25, 0.3) is 0 Å². The van der Waals surface area contributed by atoms with Crippen molar-refractivity contribution in [3.63, 3.8) is 0 Å². The molecule has 0 aromatic rings. The Morgan fingerprint density at radius 3 is 2.45 bits per heavy atom. The van der Waals surface area contributed by atoms with Crippen LogP contribution in [-0.4, -0.2) is 79.4 Å². The normalized spacial score (nSPS) is 21.6. The standard InChI is InChI=1S/C13H23N3O4/c1-20-9-11(12(17)18)14-13(19)16-6-4-15(5-7-16)8-10-2-3-10/h10-11H,2-9H2,1H3,(H,14,19)(H,17,18). The zero-order chi connectivity index (χ0) is 14.5. The van der Waals surface area contributed by atoms with Gasteiger partial charge in [0.05, 0.1) is 6.61 Å². The first-order valence-electron chi connectivity index (χ1n) is 7.09. The molecule has 7 nitrogen and oxygen atoms in total. The van der Waals surface area contributed by atoms with Crippen LogP contribution < -0.4 is 5.32 Å². The summed E-state index contributed by atoms with van der Waals surface area (Å²) in [7, 11) is 1.42. The third kappa shape index (κ3) is 4.35. The molecule has 7 heteroatoms. The Bertz CT molecular complexity index is 352. The fourth-order valence-corrected chi connectivity index (χ4v) is 2.38. The van der Waals surface area contributed by atoms with Crippen molar-refractivity contribution in [3.05, 3.63) is 0 Å². The lowest BCUT2D eigenvalue weighted by Crippen LogP contribution is -2.55. The number of amides is 2. The van der Waals surface area contributed by atoms with Crippen LogP contribution in [-0.2, 0) is 9.53 Å². The molecule has 2 rings (SSSR count). The quantitative estimate of drug-likeness (QED) is 0.707. The van der Waals surface area contributed by atoms with Gasteiger partial charge in [-0.3, -0.25) is 4.90 Å². The lowest BCUT2D eigenvalue weighted by Gasteiger charge is -2.35. The number of nitrogens with one attached hydrogen (secondary N) is 1. The number of aliphatic carboxylic acids is 1. The number of hydrogen-bond donors (Lipinski definition) is 2. The summed E-state index contributed by atoms with van der Waals surface area (Å²) in [6.07, 6.45) is 2.66. The summed E-state index contributed by atoms with van der Waals surface area (Å²) in [4.78, 5) is 27.0. The molecule has 0 aromatic carbocycles. The number of hydrogen-bond acceptors (Lipinski definition) is 4. The number of carboxylic acids is 1. The van der Waals surface area contributed by atoms with Crippen molar-refractivity contribution < 1.29 is 19.4 Å². The summed E-state index contributed by atoms with van der Waals surface area (Å²) < 4.78 is 4.80. The molecule has 1 saturated carbocycles. The summed E-state index contributed by atoms with van der Waals surface area (Å²) in [6, 6.07) is -1.31. The van der Waals surface area contributed by atoms with Crippen molar-refractivity contribution in [2.45, 2.75) is 18.9 Å². The summed E-state index contributed by atoms with van der Waals surface area (Å²) in [5.41, 5.74) is 0. The maximum Gasteiger partial charge on any atom is 0.328 e. The number of urea groups is 1. The van der Waals surface area contributed by atoms with Crippen molar-refractivity contribution in [1.82, 2.24) is 15.1 Å². The van der Waals surface area contributed by atoms with Gasteiger partial charge >= 0.3 is 12.0 Å². The first kappa shape index (κ1) is 15.1. The summed E-state index contributed by atoms with van der Waals surface area (Å²) >= 11 is 0. The van der Waals surface area contributed by atoms with E-state index in [9.17, 15) is 9.59 Å². The van der Waals surface area contributed by atoms with E-state index < -0.39 is 12.0 Å². The molecule has 1 aliphatic carbocycles. The highest BCUT2D eigenvalue weighted by Gasteiger charge is 2.29. The van der Waals surface area contributed by atoms with Crippen molar-refractivity contribution in [2.24, 2.45) is 5.92 Å². The van der Waals surface area contributed by atoms with Crippen molar-refractivity contribution in [1.29, 1.82) is 0 Å². The molecule has 2 N–H and O–H groups in total. The van der Waals surface area contributed by atoms with E-state index in [4.69, 9.17) is 9.84 Å². The van der Waals surface area contributed by atoms with Gasteiger partial charge in [0.1, 0.15) is 0 Å². The number of methoxy groups -OCH3 is 1. The Balaban J connectivity index is 1.73. The number of carbonyl (C=O) groups excluding carboxylic acids is 1. The molecule has 2 aliphatic rings. The number of carboxylic acid groups (broad SMARTS) is 1. The third-order valence-corrected chi connectivity index (χ3v) is 3.80. The summed E-state index contributed by atoms with van der Waals surface area (Å²) in [5.74, 6) is -0.221. The fourth-order valence-electron chi connectivity index (χ4n) is 2.38. The molecule has 1 aliphatic heterocycles. The van der Waals surface area contributed by atoms with E-state index in [1.807, 2.05) is 0 Å². The highest BCUT2D eigenvalue weighted by atomic mass is 16.5. The van der Waals surface area contributed by atoms with Gasteiger partial charge in [-0.2, -0.15) is 0 Å². The van der Waals surface area contributed by atoms with Gasteiger partial charge in [0.2, 0.25) is 0 Å². The molecule has 114 valence electrons. The minimum Gasteiger partial charge on any atom is -0.480 e. The minimum atomic E-state index is -1.08. The molecule has 1 unspecified atom stereocenters. The second-order valence-corrected chi connectivity index (χ2v) is 5.53. The highest BCUT2D eigenvalue weighted by Crippen LogP contribution is 2.29. The van der Waals surface area contributed by atoms with Crippen molar-refractivity contribution in [3.8, 4) is 0 Å². The van der Waals surface area contributed by atoms with Crippen LogP contribution in [0.2, 0.25) is 0 Å². The van der Waals surface area contributed by atoms with Crippen LogP contribution in [0.4, 0.5) is 4.79 Å². The maximum absolute atomic E-state index is 12.0. The average molecular weight is 285 g/mol. The van der Waals surface area contributed by atoms with Crippen LogP contribution in [0, 0.1) is 5.92 Å². The van der Waals surface area contributed by atoms with Crippen molar-refractivity contribution in [2.75, 3.05) is 46.4 Å². The lowest BCUT2D eigenvalue weighted by molar-refractivity contribution is -0.140. The van der Waals surface area contributed by atoms with Crippen LogP contribution in [0.1, 0.15) is 12.8 Å². The maximum atomic E-state index is 12.0. The Morgan fingerprint density at radius 1 is 1.30 bits per heavy atom. The zero-order valence-corrected chi connectivity index (χ0v) is 11.9. The highest BCUT2D eigenvalue weighted by molar-refractivity contribution is 5.82. The van der Waals surface area contributed by atoms with Gasteiger partial charge in [0, 0.05) is 39.8 Å². The van der Waals surface area contributed by atoms with Gasteiger partial charge in [-0.25, -0.2) is 9.59 Å². The number of nitrogens with zero attached hydrogens (tertiary/aromatic N) is 2. The van der Waals surface area contributed by atoms with Crippen LogP contribution >= 0.6 is 0 Å². The van der Waals surface area contributed by atoms with Gasteiger partial charge in [-0.05, 0) is 18.8 Å². The summed E-state index contributed by atoms with van der Waals surface area (Å²) in [6.45, 7) is 4.15. The molecule has 0 spiro atoms. The predicted octanol–water partition coefficient (Wildman–Crippen LogP) is -0.177. The van der Waals surface area contributed by atoms with Gasteiger partial charge in [-0.1, -0.05) is 0 Å². The molecule has 1 heterocycles. The molecular weight excluding hydrogens is 262 g/mol. The van der Waals surface area contributed by atoms with E-state index in [1.165, 1.54) is 20.0 Å². The van der Waals surface area contributed by atoms with Crippen LogP contribution in [0.5, 0.6) is 0 Å².